The Morgan fingerprint density at radius 1 is 1.15 bits per heavy atom. The van der Waals surface area contributed by atoms with E-state index >= 15 is 0 Å². The third-order valence-electron chi connectivity index (χ3n) is 2.75. The number of nitrogens with zero attached hydrogens (tertiary/aromatic N) is 1. The number of rotatable bonds is 6. The SMILES string of the molecule is N#Cc1cc(Br)ccc1NCCCOc1ccccc1. The molecule has 0 saturated heterocycles. The molecule has 0 radical (unpaired) electrons. The van der Waals surface area contributed by atoms with Crippen molar-refractivity contribution >= 4 is 21.6 Å². The number of benzene rings is 2. The summed E-state index contributed by atoms with van der Waals surface area (Å²) >= 11 is 3.36. The van der Waals surface area contributed by atoms with Crippen molar-refractivity contribution in [2.45, 2.75) is 6.42 Å². The van der Waals surface area contributed by atoms with E-state index in [9.17, 15) is 0 Å². The van der Waals surface area contributed by atoms with Gasteiger partial charge in [0.1, 0.15) is 11.8 Å². The summed E-state index contributed by atoms with van der Waals surface area (Å²) in [5, 5.41) is 12.3. The molecule has 0 spiro atoms. The van der Waals surface area contributed by atoms with Crippen LogP contribution < -0.4 is 10.1 Å². The number of anilines is 1. The van der Waals surface area contributed by atoms with Gasteiger partial charge in [0.15, 0.2) is 0 Å². The number of para-hydroxylation sites is 1. The molecule has 2 rings (SSSR count). The number of hydrogen-bond acceptors (Lipinski definition) is 3. The van der Waals surface area contributed by atoms with E-state index in [1.165, 1.54) is 0 Å². The molecule has 0 aliphatic carbocycles. The molecule has 1 N–H and O–H groups in total. The maximum absolute atomic E-state index is 9.06. The van der Waals surface area contributed by atoms with Crippen molar-refractivity contribution in [1.82, 2.24) is 0 Å². The molecule has 4 heteroatoms. The molecule has 0 heterocycles. The van der Waals surface area contributed by atoms with Gasteiger partial charge < -0.3 is 10.1 Å². The Morgan fingerprint density at radius 3 is 2.70 bits per heavy atom. The van der Waals surface area contributed by atoms with Crippen molar-refractivity contribution < 1.29 is 4.74 Å². The van der Waals surface area contributed by atoms with Gasteiger partial charge in [-0.25, -0.2) is 0 Å². The standard InChI is InChI=1S/C16H15BrN2O/c17-14-7-8-16(13(11-14)12-18)19-9-4-10-20-15-5-2-1-3-6-15/h1-3,5-8,11,19H,4,9-10H2. The lowest BCUT2D eigenvalue weighted by Crippen LogP contribution is -2.08. The monoisotopic (exact) mass is 330 g/mol. The van der Waals surface area contributed by atoms with E-state index in [4.69, 9.17) is 10.00 Å². The number of halogens is 1. The van der Waals surface area contributed by atoms with Gasteiger partial charge in [0, 0.05) is 11.0 Å². The largest absolute Gasteiger partial charge is 0.494 e. The first-order valence-corrected chi connectivity index (χ1v) is 7.20. The maximum atomic E-state index is 9.06. The summed E-state index contributed by atoms with van der Waals surface area (Å²) < 4.78 is 6.52. The van der Waals surface area contributed by atoms with Gasteiger partial charge in [-0.15, -0.1) is 0 Å². The highest BCUT2D eigenvalue weighted by Crippen LogP contribution is 2.20. The van der Waals surface area contributed by atoms with E-state index in [1.54, 1.807) is 0 Å². The molecule has 0 unspecified atom stereocenters. The highest BCUT2D eigenvalue weighted by molar-refractivity contribution is 9.10. The second-order valence-electron chi connectivity index (χ2n) is 4.24. The summed E-state index contributed by atoms with van der Waals surface area (Å²) in [7, 11) is 0. The van der Waals surface area contributed by atoms with E-state index in [-0.39, 0.29) is 0 Å². The average molecular weight is 331 g/mol. The highest BCUT2D eigenvalue weighted by Gasteiger charge is 2.01. The summed E-state index contributed by atoms with van der Waals surface area (Å²) in [5.41, 5.74) is 1.50. The zero-order chi connectivity index (χ0) is 14.2. The van der Waals surface area contributed by atoms with Crippen molar-refractivity contribution in [2.75, 3.05) is 18.5 Å². The lowest BCUT2D eigenvalue weighted by atomic mass is 10.2. The predicted octanol–water partition coefficient (Wildman–Crippen LogP) is 4.20. The minimum Gasteiger partial charge on any atom is -0.494 e. The molecule has 20 heavy (non-hydrogen) atoms. The molecule has 0 bridgehead atoms. The van der Waals surface area contributed by atoms with Gasteiger partial charge in [-0.2, -0.15) is 5.26 Å². The first-order valence-electron chi connectivity index (χ1n) is 6.41. The van der Waals surface area contributed by atoms with Crippen LogP contribution in [0.15, 0.2) is 53.0 Å². The molecule has 2 aromatic carbocycles. The molecule has 0 aliphatic heterocycles. The van der Waals surface area contributed by atoms with E-state index in [1.807, 2.05) is 48.5 Å². The fourth-order valence-corrected chi connectivity index (χ4v) is 2.13. The van der Waals surface area contributed by atoms with Gasteiger partial charge in [-0.05, 0) is 36.8 Å². The third-order valence-corrected chi connectivity index (χ3v) is 3.24. The Labute approximate surface area is 127 Å². The molecule has 0 aliphatic rings. The van der Waals surface area contributed by atoms with Crippen molar-refractivity contribution in [3.8, 4) is 11.8 Å². The Bertz CT molecular complexity index is 593. The van der Waals surface area contributed by atoms with Gasteiger partial charge in [0.05, 0.1) is 17.9 Å². The lowest BCUT2D eigenvalue weighted by Gasteiger charge is -2.09. The summed E-state index contributed by atoms with van der Waals surface area (Å²) in [5.74, 6) is 0.883. The van der Waals surface area contributed by atoms with E-state index in [0.717, 1.165) is 28.9 Å². The van der Waals surface area contributed by atoms with Crippen LogP contribution in [0.5, 0.6) is 5.75 Å². The second-order valence-corrected chi connectivity index (χ2v) is 5.16. The van der Waals surface area contributed by atoms with Gasteiger partial charge in [0.2, 0.25) is 0 Å². The summed E-state index contributed by atoms with van der Waals surface area (Å²) in [6.45, 7) is 1.42. The molecule has 102 valence electrons. The van der Waals surface area contributed by atoms with Crippen molar-refractivity contribution in [1.29, 1.82) is 5.26 Å². The number of hydrogen-bond donors (Lipinski definition) is 1. The van der Waals surface area contributed by atoms with Crippen LogP contribution in [0.25, 0.3) is 0 Å². The normalized spacial score (nSPS) is 9.80. The Balaban J connectivity index is 1.75. The smallest absolute Gasteiger partial charge is 0.119 e. The zero-order valence-corrected chi connectivity index (χ0v) is 12.6. The Hall–Kier alpha value is -1.99. The van der Waals surface area contributed by atoms with Crippen molar-refractivity contribution in [2.24, 2.45) is 0 Å². The molecule has 0 aromatic heterocycles. The fraction of sp³-hybridized carbons (Fsp3) is 0.188. The van der Waals surface area contributed by atoms with Crippen LogP contribution in [0.1, 0.15) is 12.0 Å². The maximum Gasteiger partial charge on any atom is 0.119 e. The third kappa shape index (κ3) is 4.29. The highest BCUT2D eigenvalue weighted by atomic mass is 79.9. The molecule has 0 amide bonds. The molecular formula is C16H15BrN2O. The van der Waals surface area contributed by atoms with Gasteiger partial charge >= 0.3 is 0 Å². The molecule has 3 nitrogen and oxygen atoms in total. The first kappa shape index (κ1) is 14.4. The van der Waals surface area contributed by atoms with Crippen LogP contribution in [0.4, 0.5) is 5.69 Å². The van der Waals surface area contributed by atoms with Crippen molar-refractivity contribution in [3.05, 3.63) is 58.6 Å². The molecule has 0 saturated carbocycles. The molecular weight excluding hydrogens is 316 g/mol. The topological polar surface area (TPSA) is 45.0 Å². The Kier molecular flexibility index (Phi) is 5.45. The predicted molar refractivity (Wildman–Crippen MR) is 83.9 cm³/mol. The minimum absolute atomic E-state index is 0.642. The quantitative estimate of drug-likeness (QED) is 0.807. The minimum atomic E-state index is 0.642. The number of ether oxygens (including phenoxy) is 1. The molecule has 2 aromatic rings. The number of nitriles is 1. The first-order chi connectivity index (χ1) is 9.79. The van der Waals surface area contributed by atoms with Crippen LogP contribution in [-0.2, 0) is 0 Å². The second kappa shape index (κ2) is 7.56. The van der Waals surface area contributed by atoms with Crippen LogP contribution in [-0.4, -0.2) is 13.2 Å². The van der Waals surface area contributed by atoms with Gasteiger partial charge in [-0.3, -0.25) is 0 Å². The van der Waals surface area contributed by atoms with E-state index in [2.05, 4.69) is 27.3 Å². The van der Waals surface area contributed by atoms with Crippen LogP contribution in [0.2, 0.25) is 0 Å². The van der Waals surface area contributed by atoms with E-state index in [0.29, 0.717) is 12.2 Å². The summed E-state index contributed by atoms with van der Waals surface area (Å²) in [6.07, 6.45) is 0.871. The molecule has 0 fully saturated rings. The fourth-order valence-electron chi connectivity index (χ4n) is 1.77. The van der Waals surface area contributed by atoms with Crippen LogP contribution in [0.3, 0.4) is 0 Å². The zero-order valence-electron chi connectivity index (χ0n) is 11.0. The van der Waals surface area contributed by atoms with E-state index < -0.39 is 0 Å². The lowest BCUT2D eigenvalue weighted by molar-refractivity contribution is 0.315. The van der Waals surface area contributed by atoms with Crippen LogP contribution >= 0.6 is 15.9 Å². The summed E-state index contributed by atoms with van der Waals surface area (Å²) in [4.78, 5) is 0. The summed E-state index contributed by atoms with van der Waals surface area (Å²) in [6, 6.07) is 17.6. The Morgan fingerprint density at radius 2 is 1.95 bits per heavy atom. The molecule has 0 atom stereocenters. The van der Waals surface area contributed by atoms with Crippen molar-refractivity contribution in [3.63, 3.8) is 0 Å². The average Bonchev–Trinajstić information content (AvgIpc) is 2.49. The van der Waals surface area contributed by atoms with Gasteiger partial charge in [0.25, 0.3) is 0 Å². The van der Waals surface area contributed by atoms with Gasteiger partial charge in [-0.1, -0.05) is 34.1 Å². The number of nitrogens with one attached hydrogen (secondary N) is 1. The van der Waals surface area contributed by atoms with Crippen LogP contribution in [0, 0.1) is 11.3 Å².